The predicted molar refractivity (Wildman–Crippen MR) is 131 cm³/mol. The van der Waals surface area contributed by atoms with Gasteiger partial charge in [-0.1, -0.05) is 12.1 Å². The number of rotatable bonds is 13. The number of carbonyl (C=O) groups is 3. The highest BCUT2D eigenvalue weighted by Gasteiger charge is 2.56. The molecule has 206 valence electrons. The minimum atomic E-state index is -4.93. The number of Topliss-reactive ketones (excluding diaryl/α,β-unsaturated/α-hetero) is 1. The molecule has 2 fully saturated rings. The Morgan fingerprint density at radius 3 is 2.66 bits per heavy atom. The van der Waals surface area contributed by atoms with Crippen molar-refractivity contribution in [1.29, 1.82) is 0 Å². The van der Waals surface area contributed by atoms with E-state index in [0.717, 1.165) is 11.3 Å². The third-order valence-corrected chi connectivity index (χ3v) is 8.02. The van der Waals surface area contributed by atoms with Crippen molar-refractivity contribution in [2.45, 2.75) is 56.7 Å². The Bertz CT molecular complexity index is 1380. The van der Waals surface area contributed by atoms with Gasteiger partial charge in [-0.05, 0) is 13.0 Å². The van der Waals surface area contributed by atoms with Gasteiger partial charge in [0.1, 0.15) is 5.69 Å². The van der Waals surface area contributed by atoms with Crippen molar-refractivity contribution in [3.8, 4) is 0 Å². The minimum absolute atomic E-state index is 0.0147. The van der Waals surface area contributed by atoms with E-state index in [4.69, 9.17) is 16.3 Å². The lowest BCUT2D eigenvalue weighted by molar-refractivity contribution is -0.153. The molecule has 1 aliphatic carbocycles. The quantitative estimate of drug-likeness (QED) is 0.102. The molecule has 16 nitrogen and oxygen atoms in total. The van der Waals surface area contributed by atoms with Crippen molar-refractivity contribution in [3.63, 3.8) is 0 Å². The third-order valence-electron chi connectivity index (χ3n) is 6.40. The zero-order chi connectivity index (χ0) is 27.8. The number of aromatic nitrogens is 4. The lowest BCUT2D eigenvalue weighted by atomic mass is 9.84. The molecule has 0 spiro atoms. The number of nitrogen functional groups attached to an aromatic ring is 1. The first-order chi connectivity index (χ1) is 17.9. The molecule has 4 rings (SSSR count). The number of carboxylic acid groups (broad SMARTS) is 1. The standard InChI is InChI=1S/C20H26N8O8S2/c1-10(2-5-21)12-7-23-27(25-12)8-14-11(17(30)28(14)38(33,34)35)6-15(29)16(13-9-37-19(22)24-13)26-36-20(3-4-20)18(31)32/h7,9-11,14H,2-6,8,21H2,1H3,(H2,22,24)(H,31,32)(H,33,34,35)/b26-16-/t10?,11-,14+/m0/s1. The van der Waals surface area contributed by atoms with Gasteiger partial charge >= 0.3 is 16.3 Å². The van der Waals surface area contributed by atoms with Crippen LogP contribution in [-0.2, 0) is 36.1 Å². The largest absolute Gasteiger partial charge is 0.478 e. The maximum Gasteiger partial charge on any atom is 0.362 e. The number of hydrogen-bond donors (Lipinski definition) is 4. The van der Waals surface area contributed by atoms with Crippen LogP contribution < -0.4 is 11.5 Å². The average molecular weight is 571 g/mol. The van der Waals surface area contributed by atoms with Gasteiger partial charge in [0.15, 0.2) is 16.6 Å². The number of aliphatic carboxylic acids is 1. The van der Waals surface area contributed by atoms with Gasteiger partial charge in [-0.25, -0.2) is 14.1 Å². The molecule has 3 atom stereocenters. The van der Waals surface area contributed by atoms with Crippen LogP contribution in [0.5, 0.6) is 0 Å². The monoisotopic (exact) mass is 570 g/mol. The number of β-lactam (4-membered cyclic amide) rings is 1. The summed E-state index contributed by atoms with van der Waals surface area (Å²) in [4.78, 5) is 47.8. The van der Waals surface area contributed by atoms with E-state index in [1.165, 1.54) is 16.4 Å². The molecule has 6 N–H and O–H groups in total. The number of hydrogen-bond acceptors (Lipinski definition) is 13. The molecule has 18 heteroatoms. The Balaban J connectivity index is 1.57. The summed E-state index contributed by atoms with van der Waals surface area (Å²) in [6, 6.07) is -1.18. The molecule has 1 amide bonds. The number of carboxylic acids is 1. The second-order valence-corrected chi connectivity index (χ2v) is 11.3. The summed E-state index contributed by atoms with van der Waals surface area (Å²) in [6.07, 6.45) is 1.99. The number of anilines is 1. The van der Waals surface area contributed by atoms with Crippen LogP contribution in [0.2, 0.25) is 0 Å². The number of carbonyl (C=O) groups excluding carboxylic acids is 2. The van der Waals surface area contributed by atoms with E-state index in [2.05, 4.69) is 20.3 Å². The number of thiazole rings is 1. The molecule has 2 aliphatic rings. The molecule has 38 heavy (non-hydrogen) atoms. The lowest BCUT2D eigenvalue weighted by Crippen LogP contribution is -2.64. The molecule has 0 radical (unpaired) electrons. The van der Waals surface area contributed by atoms with Crippen LogP contribution in [0.15, 0.2) is 16.7 Å². The van der Waals surface area contributed by atoms with Gasteiger partial charge in [-0.2, -0.15) is 23.4 Å². The van der Waals surface area contributed by atoms with Gasteiger partial charge in [0.25, 0.3) is 0 Å². The smallest absolute Gasteiger partial charge is 0.362 e. The van der Waals surface area contributed by atoms with Gasteiger partial charge in [-0.3, -0.25) is 14.1 Å². The van der Waals surface area contributed by atoms with Crippen molar-refractivity contribution in [2.24, 2.45) is 16.8 Å². The SMILES string of the molecule is CC(CCN)c1cnn(C[C@@H]2[C@H](CC(=O)/C(=N\OC3(C(=O)O)CC3)c3csc(N)n3)C(=O)N2S(=O)(=O)O)n1. The molecule has 2 aromatic heterocycles. The second kappa shape index (κ2) is 10.4. The fourth-order valence-corrected chi connectivity index (χ4v) is 5.46. The van der Waals surface area contributed by atoms with Crippen molar-refractivity contribution < 1.29 is 37.3 Å². The van der Waals surface area contributed by atoms with Gasteiger partial charge in [0.05, 0.1) is 30.4 Å². The van der Waals surface area contributed by atoms with E-state index in [1.54, 1.807) is 0 Å². The van der Waals surface area contributed by atoms with Gasteiger partial charge in [-0.15, -0.1) is 11.3 Å². The molecule has 2 aromatic rings. The van der Waals surface area contributed by atoms with Crippen LogP contribution in [-0.4, -0.2) is 83.9 Å². The molecule has 1 aliphatic heterocycles. The maximum atomic E-state index is 13.3. The Morgan fingerprint density at radius 2 is 2.11 bits per heavy atom. The van der Waals surface area contributed by atoms with Crippen LogP contribution in [0.3, 0.4) is 0 Å². The number of oxime groups is 1. The lowest BCUT2D eigenvalue weighted by Gasteiger charge is -2.43. The number of nitrogens with two attached hydrogens (primary N) is 2. The summed E-state index contributed by atoms with van der Waals surface area (Å²) in [7, 11) is -4.93. The molecule has 0 bridgehead atoms. The highest BCUT2D eigenvalue weighted by atomic mass is 32.2. The number of ketones is 1. The van der Waals surface area contributed by atoms with Crippen molar-refractivity contribution in [3.05, 3.63) is 23.0 Å². The van der Waals surface area contributed by atoms with E-state index >= 15 is 0 Å². The van der Waals surface area contributed by atoms with E-state index in [1.807, 2.05) is 6.92 Å². The Labute approximate surface area is 220 Å². The van der Waals surface area contributed by atoms with Crippen LogP contribution in [0, 0.1) is 5.92 Å². The van der Waals surface area contributed by atoms with Crippen LogP contribution >= 0.6 is 11.3 Å². The average Bonchev–Trinajstić information content (AvgIpc) is 3.27. The van der Waals surface area contributed by atoms with Crippen molar-refractivity contribution in [1.82, 2.24) is 24.3 Å². The first kappa shape index (κ1) is 27.6. The van der Waals surface area contributed by atoms with Crippen LogP contribution in [0.25, 0.3) is 0 Å². The summed E-state index contributed by atoms with van der Waals surface area (Å²) < 4.78 is 33.6. The van der Waals surface area contributed by atoms with E-state index < -0.39 is 51.9 Å². The van der Waals surface area contributed by atoms with Crippen molar-refractivity contribution in [2.75, 3.05) is 12.3 Å². The number of nitrogens with zero attached hydrogens (tertiary/aromatic N) is 6. The van der Waals surface area contributed by atoms with E-state index in [9.17, 15) is 32.5 Å². The molecule has 1 unspecified atom stereocenters. The predicted octanol–water partition coefficient (Wildman–Crippen LogP) is -0.604. The molecule has 3 heterocycles. The normalized spacial score (nSPS) is 21.6. The fraction of sp³-hybridized carbons (Fsp3) is 0.550. The summed E-state index contributed by atoms with van der Waals surface area (Å²) in [5, 5.41) is 23.0. The second-order valence-electron chi connectivity index (χ2n) is 9.12. The topological polar surface area (TPSA) is 246 Å². The van der Waals surface area contributed by atoms with Gasteiger partial charge < -0.3 is 21.4 Å². The summed E-state index contributed by atoms with van der Waals surface area (Å²) in [6.45, 7) is 2.09. The Morgan fingerprint density at radius 1 is 1.39 bits per heavy atom. The highest BCUT2D eigenvalue weighted by molar-refractivity contribution is 7.84. The first-order valence-corrected chi connectivity index (χ1v) is 13.8. The van der Waals surface area contributed by atoms with Crippen LogP contribution in [0.4, 0.5) is 5.13 Å². The maximum absolute atomic E-state index is 13.3. The zero-order valence-electron chi connectivity index (χ0n) is 20.1. The fourth-order valence-electron chi connectivity index (χ4n) is 4.00. The summed E-state index contributed by atoms with van der Waals surface area (Å²) in [5.41, 5.74) is 9.95. The summed E-state index contributed by atoms with van der Waals surface area (Å²) in [5.74, 6) is -4.21. The third kappa shape index (κ3) is 5.52. The van der Waals surface area contributed by atoms with E-state index in [-0.39, 0.29) is 46.1 Å². The zero-order valence-corrected chi connectivity index (χ0v) is 21.8. The minimum Gasteiger partial charge on any atom is -0.478 e. The highest BCUT2D eigenvalue weighted by Crippen LogP contribution is 2.40. The molecular weight excluding hydrogens is 544 g/mol. The van der Waals surface area contributed by atoms with E-state index in [0.29, 0.717) is 18.7 Å². The van der Waals surface area contributed by atoms with Gasteiger partial charge in [0, 0.05) is 30.6 Å². The Kier molecular flexibility index (Phi) is 7.51. The molecule has 1 saturated heterocycles. The molecule has 1 saturated carbocycles. The molecular formula is C20H26N8O8S2. The van der Waals surface area contributed by atoms with Crippen molar-refractivity contribution >= 4 is 50.1 Å². The molecule has 0 aromatic carbocycles. The Hall–Kier alpha value is -3.48. The van der Waals surface area contributed by atoms with Gasteiger partial charge in [0.2, 0.25) is 11.5 Å². The first-order valence-electron chi connectivity index (χ1n) is 11.5. The summed E-state index contributed by atoms with van der Waals surface area (Å²) >= 11 is 1.01. The number of amides is 1. The van der Waals surface area contributed by atoms with Crippen LogP contribution in [0.1, 0.15) is 49.9 Å².